The van der Waals surface area contributed by atoms with Gasteiger partial charge in [-0.05, 0) is 51.1 Å². The van der Waals surface area contributed by atoms with E-state index in [2.05, 4.69) is 9.80 Å². The maximum absolute atomic E-state index is 12.5. The fourth-order valence-corrected chi connectivity index (χ4v) is 4.39. The van der Waals surface area contributed by atoms with E-state index in [1.807, 2.05) is 0 Å². The normalized spacial score (nSPS) is 35.1. The van der Waals surface area contributed by atoms with E-state index >= 15 is 0 Å². The minimum absolute atomic E-state index is 0.253. The fraction of sp³-hybridized carbons (Fsp3) is 0.941. The van der Waals surface area contributed by atoms with Gasteiger partial charge < -0.3 is 10.6 Å². The second-order valence-corrected chi connectivity index (χ2v) is 7.29. The number of nitrogens with two attached hydrogens (primary N) is 1. The summed E-state index contributed by atoms with van der Waals surface area (Å²) >= 11 is 0. The number of nitrogens with zero attached hydrogens (tertiary/aromatic N) is 2. The van der Waals surface area contributed by atoms with Crippen LogP contribution in [0.15, 0.2) is 0 Å². The van der Waals surface area contributed by atoms with E-state index in [-0.39, 0.29) is 6.04 Å². The predicted molar refractivity (Wildman–Crippen MR) is 85.0 cm³/mol. The summed E-state index contributed by atoms with van der Waals surface area (Å²) in [4.78, 5) is 17.3. The van der Waals surface area contributed by atoms with E-state index in [9.17, 15) is 4.79 Å². The van der Waals surface area contributed by atoms with E-state index in [0.717, 1.165) is 25.9 Å². The number of amides is 1. The molecule has 1 saturated carbocycles. The monoisotopic (exact) mass is 293 g/mol. The molecule has 0 aromatic heterocycles. The molecule has 0 bridgehead atoms. The van der Waals surface area contributed by atoms with Crippen LogP contribution >= 0.6 is 0 Å². The van der Waals surface area contributed by atoms with Gasteiger partial charge in [0.2, 0.25) is 5.91 Å². The summed E-state index contributed by atoms with van der Waals surface area (Å²) in [7, 11) is 0. The summed E-state index contributed by atoms with van der Waals surface area (Å²) in [6.45, 7) is 4.39. The molecule has 0 radical (unpaired) electrons. The molecule has 2 saturated heterocycles. The van der Waals surface area contributed by atoms with E-state index in [0.29, 0.717) is 24.3 Å². The summed E-state index contributed by atoms with van der Waals surface area (Å²) in [6.07, 6.45) is 10.7. The van der Waals surface area contributed by atoms with Crippen molar-refractivity contribution in [3.05, 3.63) is 0 Å². The number of rotatable bonds is 3. The first-order valence-electron chi connectivity index (χ1n) is 9.01. The van der Waals surface area contributed by atoms with Crippen molar-refractivity contribution in [2.24, 2.45) is 11.7 Å². The lowest BCUT2D eigenvalue weighted by Crippen LogP contribution is -2.42. The van der Waals surface area contributed by atoms with Crippen molar-refractivity contribution in [1.82, 2.24) is 9.80 Å². The number of carbonyl (C=O) groups is 1. The quantitative estimate of drug-likeness (QED) is 0.865. The molecule has 2 heterocycles. The second kappa shape index (κ2) is 7.10. The molecule has 120 valence electrons. The topological polar surface area (TPSA) is 49.6 Å². The van der Waals surface area contributed by atoms with Crippen molar-refractivity contribution >= 4 is 5.91 Å². The van der Waals surface area contributed by atoms with E-state index in [4.69, 9.17) is 5.73 Å². The maximum atomic E-state index is 12.5. The van der Waals surface area contributed by atoms with Crippen molar-refractivity contribution < 1.29 is 4.79 Å². The number of hydrogen-bond acceptors (Lipinski definition) is 3. The van der Waals surface area contributed by atoms with Crippen molar-refractivity contribution in [2.45, 2.75) is 69.9 Å². The second-order valence-electron chi connectivity index (χ2n) is 7.29. The van der Waals surface area contributed by atoms with Gasteiger partial charge in [0.05, 0.1) is 0 Å². The van der Waals surface area contributed by atoms with Crippen molar-refractivity contribution in [3.8, 4) is 0 Å². The Morgan fingerprint density at radius 2 is 1.71 bits per heavy atom. The molecule has 2 N–H and O–H groups in total. The summed E-state index contributed by atoms with van der Waals surface area (Å²) in [5, 5.41) is 0. The molecule has 1 amide bonds. The van der Waals surface area contributed by atoms with Gasteiger partial charge in [-0.15, -0.1) is 0 Å². The SMILES string of the molecule is NC1CCCCC1CC(=O)N1CCC(N2CCCCC2)C1. The van der Waals surface area contributed by atoms with Crippen LogP contribution in [-0.4, -0.2) is 54.0 Å². The number of likely N-dealkylation sites (tertiary alicyclic amines) is 2. The first-order chi connectivity index (χ1) is 10.2. The summed E-state index contributed by atoms with van der Waals surface area (Å²) < 4.78 is 0. The summed E-state index contributed by atoms with van der Waals surface area (Å²) in [5.74, 6) is 0.789. The highest BCUT2D eigenvalue weighted by Crippen LogP contribution is 2.27. The Balaban J connectivity index is 1.47. The zero-order valence-corrected chi connectivity index (χ0v) is 13.3. The maximum Gasteiger partial charge on any atom is 0.222 e. The zero-order valence-electron chi connectivity index (χ0n) is 13.3. The van der Waals surface area contributed by atoms with Crippen molar-refractivity contribution in [1.29, 1.82) is 0 Å². The molecule has 2 aliphatic heterocycles. The first kappa shape index (κ1) is 15.3. The van der Waals surface area contributed by atoms with Gasteiger partial charge in [0.1, 0.15) is 0 Å². The lowest BCUT2D eigenvalue weighted by molar-refractivity contribution is -0.131. The molecular weight excluding hydrogens is 262 g/mol. The van der Waals surface area contributed by atoms with Crippen LogP contribution in [0.4, 0.5) is 0 Å². The molecule has 3 atom stereocenters. The van der Waals surface area contributed by atoms with Crippen LogP contribution in [-0.2, 0) is 4.79 Å². The zero-order chi connectivity index (χ0) is 14.7. The number of piperidine rings is 1. The summed E-state index contributed by atoms with van der Waals surface area (Å²) in [5.41, 5.74) is 6.19. The molecule has 1 aliphatic carbocycles. The molecule has 21 heavy (non-hydrogen) atoms. The third-order valence-electron chi connectivity index (χ3n) is 5.83. The lowest BCUT2D eigenvalue weighted by atomic mass is 9.83. The molecule has 3 fully saturated rings. The fourth-order valence-electron chi connectivity index (χ4n) is 4.39. The van der Waals surface area contributed by atoms with Gasteiger partial charge in [0.15, 0.2) is 0 Å². The largest absolute Gasteiger partial charge is 0.341 e. The molecule has 0 aromatic carbocycles. The molecule has 0 spiro atoms. The minimum atomic E-state index is 0.253. The van der Waals surface area contributed by atoms with Gasteiger partial charge in [-0.3, -0.25) is 9.69 Å². The van der Waals surface area contributed by atoms with Gasteiger partial charge in [0.25, 0.3) is 0 Å². The van der Waals surface area contributed by atoms with Crippen LogP contribution in [0.2, 0.25) is 0 Å². The van der Waals surface area contributed by atoms with Gasteiger partial charge in [0, 0.05) is 31.6 Å². The number of hydrogen-bond donors (Lipinski definition) is 1. The average molecular weight is 293 g/mol. The average Bonchev–Trinajstić information content (AvgIpc) is 3.00. The van der Waals surface area contributed by atoms with Crippen molar-refractivity contribution in [2.75, 3.05) is 26.2 Å². The van der Waals surface area contributed by atoms with Gasteiger partial charge in [-0.25, -0.2) is 0 Å². The van der Waals surface area contributed by atoms with Gasteiger partial charge in [-0.1, -0.05) is 19.3 Å². The van der Waals surface area contributed by atoms with E-state index < -0.39 is 0 Å². The Morgan fingerprint density at radius 1 is 0.952 bits per heavy atom. The van der Waals surface area contributed by atoms with E-state index in [1.165, 1.54) is 51.6 Å². The first-order valence-corrected chi connectivity index (χ1v) is 9.01. The lowest BCUT2D eigenvalue weighted by Gasteiger charge is -2.32. The predicted octanol–water partition coefficient (Wildman–Crippen LogP) is 1.98. The Hall–Kier alpha value is -0.610. The Labute approximate surface area is 129 Å². The smallest absolute Gasteiger partial charge is 0.222 e. The molecule has 3 aliphatic rings. The standard InChI is InChI=1S/C17H31N3O/c18-16-7-3-2-6-14(16)12-17(21)20-11-8-15(13-20)19-9-4-1-5-10-19/h14-16H,1-13,18H2. The van der Waals surface area contributed by atoms with E-state index in [1.54, 1.807) is 0 Å². The van der Waals surface area contributed by atoms with Crippen LogP contribution in [0.1, 0.15) is 57.8 Å². The highest BCUT2D eigenvalue weighted by Gasteiger charge is 2.33. The van der Waals surface area contributed by atoms with Crippen LogP contribution in [0, 0.1) is 5.92 Å². The molecule has 4 nitrogen and oxygen atoms in total. The Kier molecular flexibility index (Phi) is 5.17. The third-order valence-corrected chi connectivity index (χ3v) is 5.83. The van der Waals surface area contributed by atoms with Crippen LogP contribution in [0.3, 0.4) is 0 Å². The molecule has 3 rings (SSSR count). The summed E-state index contributed by atoms with van der Waals surface area (Å²) in [6, 6.07) is 0.873. The number of carbonyl (C=O) groups excluding carboxylic acids is 1. The molecule has 4 heteroatoms. The molecular formula is C17H31N3O. The van der Waals surface area contributed by atoms with Crippen LogP contribution in [0.5, 0.6) is 0 Å². The highest BCUT2D eigenvalue weighted by atomic mass is 16.2. The van der Waals surface area contributed by atoms with Crippen LogP contribution < -0.4 is 5.73 Å². The van der Waals surface area contributed by atoms with Gasteiger partial charge >= 0.3 is 0 Å². The highest BCUT2D eigenvalue weighted by molar-refractivity contribution is 5.76. The van der Waals surface area contributed by atoms with Gasteiger partial charge in [-0.2, -0.15) is 0 Å². The molecule has 0 aromatic rings. The molecule has 3 unspecified atom stereocenters. The Morgan fingerprint density at radius 3 is 2.48 bits per heavy atom. The van der Waals surface area contributed by atoms with Crippen molar-refractivity contribution in [3.63, 3.8) is 0 Å². The van der Waals surface area contributed by atoms with Crippen LogP contribution in [0.25, 0.3) is 0 Å². The Bertz CT molecular complexity index is 354. The third kappa shape index (κ3) is 3.78. The minimum Gasteiger partial charge on any atom is -0.341 e.